The van der Waals surface area contributed by atoms with Crippen LogP contribution in [-0.2, 0) is 9.59 Å². The van der Waals surface area contributed by atoms with Gasteiger partial charge in [0.1, 0.15) is 0 Å². The van der Waals surface area contributed by atoms with Crippen molar-refractivity contribution in [1.29, 1.82) is 0 Å². The molecule has 0 spiro atoms. The molecule has 0 heterocycles. The number of hydrogen-bond acceptors (Lipinski definition) is 4. The fourth-order valence-corrected chi connectivity index (χ4v) is 4.45. The lowest BCUT2D eigenvalue weighted by Crippen LogP contribution is -2.30. The zero-order valence-corrected chi connectivity index (χ0v) is 13.7. The first kappa shape index (κ1) is 17.0. The topological polar surface area (TPSA) is 93.1 Å². The third-order valence-electron chi connectivity index (χ3n) is 3.42. The zero-order valence-electron chi connectivity index (χ0n) is 12.3. The molecule has 0 saturated heterocycles. The fraction of sp³-hybridized carbons (Fsp3) is 0.429. The Bertz CT molecular complexity index is 516. The van der Waals surface area contributed by atoms with Crippen molar-refractivity contribution in [2.24, 2.45) is 5.92 Å². The lowest BCUT2D eigenvalue weighted by Gasteiger charge is -2.20. The van der Waals surface area contributed by atoms with Gasteiger partial charge in [-0.15, -0.1) is 0 Å². The van der Waals surface area contributed by atoms with Crippen LogP contribution in [0.15, 0.2) is 18.2 Å². The molecular formula is C14H20O6Si. The van der Waals surface area contributed by atoms with Crippen LogP contribution in [0.3, 0.4) is 0 Å². The largest absolute Gasteiger partial charge is 0.493 e. The summed E-state index contributed by atoms with van der Waals surface area (Å²) < 4.78 is 10.6. The van der Waals surface area contributed by atoms with E-state index in [9.17, 15) is 14.7 Å². The fourth-order valence-electron chi connectivity index (χ4n) is 2.32. The van der Waals surface area contributed by atoms with Crippen molar-refractivity contribution in [3.63, 3.8) is 0 Å². The molecule has 1 rings (SSSR count). The molecule has 0 aliphatic carbocycles. The molecule has 6 nitrogen and oxygen atoms in total. The van der Waals surface area contributed by atoms with Gasteiger partial charge in [0.05, 0.1) is 36.1 Å². The van der Waals surface area contributed by atoms with E-state index < -0.39 is 27.4 Å². The molecule has 2 N–H and O–H groups in total. The standard InChI is InChI=1S/C14H20O6Si/c1-8(9(14(17)18)7-12(15)16)21-11-6-4-5-10(19-2)13(11)20-3/h4-6,8-9H,7,21H2,1-3H3,(H,15,16)(H,17,18). The first-order valence-electron chi connectivity index (χ1n) is 6.55. The van der Waals surface area contributed by atoms with Crippen LogP contribution in [-0.4, -0.2) is 45.9 Å². The molecule has 0 aliphatic rings. The van der Waals surface area contributed by atoms with Gasteiger partial charge in [-0.1, -0.05) is 19.1 Å². The van der Waals surface area contributed by atoms with Crippen molar-refractivity contribution in [2.45, 2.75) is 18.9 Å². The predicted molar refractivity (Wildman–Crippen MR) is 80.5 cm³/mol. The lowest BCUT2D eigenvalue weighted by atomic mass is 10.0. The highest BCUT2D eigenvalue weighted by Gasteiger charge is 2.28. The van der Waals surface area contributed by atoms with Crippen molar-refractivity contribution in [3.05, 3.63) is 18.2 Å². The van der Waals surface area contributed by atoms with E-state index in [2.05, 4.69) is 0 Å². The monoisotopic (exact) mass is 312 g/mol. The lowest BCUT2D eigenvalue weighted by molar-refractivity contribution is -0.148. The maximum absolute atomic E-state index is 11.2. The third kappa shape index (κ3) is 4.49. The smallest absolute Gasteiger partial charge is 0.307 e. The minimum Gasteiger partial charge on any atom is -0.493 e. The molecule has 0 radical (unpaired) electrons. The number of aliphatic carboxylic acids is 2. The third-order valence-corrected chi connectivity index (χ3v) is 5.63. The van der Waals surface area contributed by atoms with E-state index in [0.29, 0.717) is 11.5 Å². The van der Waals surface area contributed by atoms with E-state index in [-0.39, 0.29) is 12.0 Å². The molecule has 0 aliphatic heterocycles. The second-order valence-corrected chi connectivity index (χ2v) is 7.33. The predicted octanol–water partition coefficient (Wildman–Crippen LogP) is 0.482. The normalized spacial score (nSPS) is 13.9. The summed E-state index contributed by atoms with van der Waals surface area (Å²) in [6, 6.07) is 5.47. The van der Waals surface area contributed by atoms with Crippen LogP contribution in [0.5, 0.6) is 11.5 Å². The highest BCUT2D eigenvalue weighted by atomic mass is 28.2. The number of rotatable bonds is 8. The molecule has 21 heavy (non-hydrogen) atoms. The van der Waals surface area contributed by atoms with Gasteiger partial charge in [-0.25, -0.2) is 0 Å². The molecule has 116 valence electrons. The summed E-state index contributed by atoms with van der Waals surface area (Å²) in [7, 11) is 2.03. The van der Waals surface area contributed by atoms with Gasteiger partial charge in [0, 0.05) is 0 Å². The molecule has 7 heteroatoms. The number of ether oxygens (including phenoxy) is 2. The van der Waals surface area contributed by atoms with Crippen molar-refractivity contribution < 1.29 is 29.3 Å². The van der Waals surface area contributed by atoms with Crippen LogP contribution >= 0.6 is 0 Å². The van der Waals surface area contributed by atoms with E-state index in [0.717, 1.165) is 5.19 Å². The minimum atomic E-state index is -1.10. The Morgan fingerprint density at radius 1 is 1.24 bits per heavy atom. The molecular weight excluding hydrogens is 292 g/mol. The molecule has 1 aromatic carbocycles. The van der Waals surface area contributed by atoms with E-state index >= 15 is 0 Å². The van der Waals surface area contributed by atoms with Gasteiger partial charge in [0.15, 0.2) is 11.5 Å². The second-order valence-electron chi connectivity index (χ2n) is 4.88. The zero-order chi connectivity index (χ0) is 16.0. The summed E-state index contributed by atoms with van der Waals surface area (Å²) in [5.74, 6) is -1.84. The molecule has 0 saturated carbocycles. The van der Waals surface area contributed by atoms with Crippen LogP contribution in [0.25, 0.3) is 0 Å². The second kappa shape index (κ2) is 7.68. The molecule has 2 atom stereocenters. The Kier molecular flexibility index (Phi) is 6.23. The first-order chi connectivity index (χ1) is 9.90. The van der Waals surface area contributed by atoms with Gasteiger partial charge < -0.3 is 19.7 Å². The van der Waals surface area contributed by atoms with Crippen molar-refractivity contribution in [1.82, 2.24) is 0 Å². The van der Waals surface area contributed by atoms with Crippen molar-refractivity contribution in [2.75, 3.05) is 14.2 Å². The van der Waals surface area contributed by atoms with Gasteiger partial charge in [0.2, 0.25) is 0 Å². The summed E-state index contributed by atoms with van der Waals surface area (Å²) in [6.45, 7) is 1.78. The van der Waals surface area contributed by atoms with E-state index in [1.807, 2.05) is 12.1 Å². The molecule has 0 aromatic heterocycles. The summed E-state index contributed by atoms with van der Waals surface area (Å²) in [5, 5.41) is 19.0. The number of methoxy groups -OCH3 is 2. The Morgan fingerprint density at radius 3 is 2.38 bits per heavy atom. The van der Waals surface area contributed by atoms with Crippen LogP contribution < -0.4 is 14.7 Å². The van der Waals surface area contributed by atoms with Crippen molar-refractivity contribution >= 4 is 26.6 Å². The number of benzene rings is 1. The number of carboxylic acid groups (broad SMARTS) is 2. The highest BCUT2D eigenvalue weighted by Crippen LogP contribution is 2.27. The maximum Gasteiger partial charge on any atom is 0.307 e. The van der Waals surface area contributed by atoms with Crippen LogP contribution in [0.2, 0.25) is 5.54 Å². The Hall–Kier alpha value is -2.02. The highest BCUT2D eigenvalue weighted by molar-refractivity contribution is 6.56. The average Bonchev–Trinajstić information content (AvgIpc) is 2.43. The molecule has 1 aromatic rings. The quantitative estimate of drug-likeness (QED) is 0.678. The summed E-state index contributed by atoms with van der Waals surface area (Å²) in [6.07, 6.45) is -0.365. The number of hydrogen-bond donors (Lipinski definition) is 2. The van der Waals surface area contributed by atoms with Gasteiger partial charge in [-0.2, -0.15) is 0 Å². The van der Waals surface area contributed by atoms with Crippen molar-refractivity contribution in [3.8, 4) is 11.5 Å². The van der Waals surface area contributed by atoms with E-state index in [1.165, 1.54) is 14.2 Å². The number of carbonyl (C=O) groups is 2. The van der Waals surface area contributed by atoms with E-state index in [4.69, 9.17) is 14.6 Å². The van der Waals surface area contributed by atoms with Gasteiger partial charge in [-0.3, -0.25) is 9.59 Å². The Morgan fingerprint density at radius 2 is 1.90 bits per heavy atom. The van der Waals surface area contributed by atoms with Crippen LogP contribution in [0.4, 0.5) is 0 Å². The summed E-state index contributed by atoms with van der Waals surface area (Å²) >= 11 is 0. The van der Waals surface area contributed by atoms with Gasteiger partial charge in [0.25, 0.3) is 0 Å². The van der Waals surface area contributed by atoms with E-state index in [1.54, 1.807) is 13.0 Å². The SMILES string of the molecule is COc1cccc([SiH2]C(C)C(CC(=O)O)C(=O)O)c1OC. The first-order valence-corrected chi connectivity index (χ1v) is 8.07. The molecule has 0 amide bonds. The minimum absolute atomic E-state index is 0.209. The summed E-state index contributed by atoms with van der Waals surface area (Å²) in [5.41, 5.74) is -0.209. The van der Waals surface area contributed by atoms with Crippen LogP contribution in [0.1, 0.15) is 13.3 Å². The number of para-hydroxylation sites is 1. The average molecular weight is 312 g/mol. The molecule has 0 fully saturated rings. The van der Waals surface area contributed by atoms with Gasteiger partial charge >= 0.3 is 11.9 Å². The molecule has 0 bridgehead atoms. The Labute approximate surface area is 125 Å². The summed E-state index contributed by atoms with van der Waals surface area (Å²) in [4.78, 5) is 22.0. The Balaban J connectivity index is 2.98. The maximum atomic E-state index is 11.2. The van der Waals surface area contributed by atoms with Gasteiger partial charge in [-0.05, 0) is 16.8 Å². The van der Waals surface area contributed by atoms with Crippen LogP contribution in [0, 0.1) is 5.92 Å². The number of carboxylic acids is 2. The molecule has 2 unspecified atom stereocenters.